The van der Waals surface area contributed by atoms with Gasteiger partial charge in [0.1, 0.15) is 17.2 Å². The Bertz CT molecular complexity index is 392. The van der Waals surface area contributed by atoms with Gasteiger partial charge >= 0.3 is 0 Å². The van der Waals surface area contributed by atoms with Gasteiger partial charge in [-0.2, -0.15) is 0 Å². The molecule has 0 aliphatic heterocycles. The Labute approximate surface area is 121 Å². The monoisotopic (exact) mass is 282 g/mol. The van der Waals surface area contributed by atoms with Crippen LogP contribution in [-0.4, -0.2) is 26.4 Å². The summed E-state index contributed by atoms with van der Waals surface area (Å²) in [5.74, 6) is 2.29. The summed E-state index contributed by atoms with van der Waals surface area (Å²) in [6.07, 6.45) is 2.29. The number of aliphatic hydroxyl groups is 1. The number of methoxy groups -OCH3 is 3. The first-order chi connectivity index (χ1) is 9.57. The molecule has 1 aromatic rings. The van der Waals surface area contributed by atoms with Gasteiger partial charge in [0.25, 0.3) is 0 Å². The van der Waals surface area contributed by atoms with E-state index in [0.717, 1.165) is 12.8 Å². The fraction of sp³-hybridized carbons (Fsp3) is 0.625. The SMILES string of the molecule is CCCC(C)CC(O)c1c(OC)cc(OC)cc1OC. The number of hydrogen-bond donors (Lipinski definition) is 1. The van der Waals surface area contributed by atoms with E-state index in [1.807, 2.05) is 0 Å². The first-order valence-corrected chi connectivity index (χ1v) is 7.05. The summed E-state index contributed by atoms with van der Waals surface area (Å²) in [5.41, 5.74) is 0.693. The zero-order valence-electron chi connectivity index (χ0n) is 13.1. The number of rotatable bonds is 8. The number of hydrogen-bond acceptors (Lipinski definition) is 4. The molecule has 0 fully saturated rings. The second-order valence-electron chi connectivity index (χ2n) is 5.09. The van der Waals surface area contributed by atoms with Crippen LogP contribution in [0.5, 0.6) is 17.2 Å². The molecule has 0 saturated carbocycles. The lowest BCUT2D eigenvalue weighted by Crippen LogP contribution is -2.08. The smallest absolute Gasteiger partial charge is 0.132 e. The molecule has 0 aliphatic rings. The molecule has 0 saturated heterocycles. The largest absolute Gasteiger partial charge is 0.496 e. The Kier molecular flexibility index (Phi) is 6.65. The zero-order chi connectivity index (χ0) is 15.1. The van der Waals surface area contributed by atoms with Gasteiger partial charge in [-0.15, -0.1) is 0 Å². The van der Waals surface area contributed by atoms with Crippen molar-refractivity contribution < 1.29 is 19.3 Å². The van der Waals surface area contributed by atoms with E-state index in [9.17, 15) is 5.11 Å². The fourth-order valence-electron chi connectivity index (χ4n) is 2.47. The minimum absolute atomic E-state index is 0.450. The standard InChI is InChI=1S/C16H26O4/c1-6-7-11(2)8-13(17)16-14(19-4)9-12(18-3)10-15(16)20-5/h9-11,13,17H,6-8H2,1-5H3. The maximum absolute atomic E-state index is 10.5. The lowest BCUT2D eigenvalue weighted by molar-refractivity contribution is 0.138. The van der Waals surface area contributed by atoms with Crippen LogP contribution >= 0.6 is 0 Å². The second-order valence-corrected chi connectivity index (χ2v) is 5.09. The summed E-state index contributed by atoms with van der Waals surface area (Å²) in [5, 5.41) is 10.5. The van der Waals surface area contributed by atoms with Crippen molar-refractivity contribution in [1.82, 2.24) is 0 Å². The van der Waals surface area contributed by atoms with E-state index in [1.165, 1.54) is 0 Å². The van der Waals surface area contributed by atoms with E-state index < -0.39 is 6.10 Å². The van der Waals surface area contributed by atoms with Crippen molar-refractivity contribution in [3.8, 4) is 17.2 Å². The maximum Gasteiger partial charge on any atom is 0.132 e. The lowest BCUT2D eigenvalue weighted by Gasteiger charge is -2.21. The molecule has 2 unspecified atom stereocenters. The molecule has 20 heavy (non-hydrogen) atoms. The predicted molar refractivity (Wildman–Crippen MR) is 79.7 cm³/mol. The van der Waals surface area contributed by atoms with Gasteiger partial charge in [0, 0.05) is 12.1 Å². The quantitative estimate of drug-likeness (QED) is 0.792. The van der Waals surface area contributed by atoms with Gasteiger partial charge in [-0.05, 0) is 12.3 Å². The highest BCUT2D eigenvalue weighted by Crippen LogP contribution is 2.40. The van der Waals surface area contributed by atoms with E-state index in [4.69, 9.17) is 14.2 Å². The van der Waals surface area contributed by atoms with Crippen LogP contribution < -0.4 is 14.2 Å². The molecule has 0 aliphatic carbocycles. The second kappa shape index (κ2) is 8.00. The predicted octanol–water partition coefficient (Wildman–Crippen LogP) is 3.57. The Hall–Kier alpha value is -1.42. The molecule has 0 heterocycles. The van der Waals surface area contributed by atoms with E-state index in [1.54, 1.807) is 33.5 Å². The summed E-state index contributed by atoms with van der Waals surface area (Å²) < 4.78 is 16.0. The van der Waals surface area contributed by atoms with E-state index >= 15 is 0 Å². The van der Waals surface area contributed by atoms with Gasteiger partial charge in [-0.25, -0.2) is 0 Å². The van der Waals surface area contributed by atoms with Crippen molar-refractivity contribution in [1.29, 1.82) is 0 Å². The Balaban J connectivity index is 3.07. The normalized spacial score (nSPS) is 13.7. The molecular weight excluding hydrogens is 256 g/mol. The third-order valence-electron chi connectivity index (χ3n) is 3.49. The highest BCUT2D eigenvalue weighted by Gasteiger charge is 2.22. The highest BCUT2D eigenvalue weighted by molar-refractivity contribution is 5.51. The van der Waals surface area contributed by atoms with E-state index in [-0.39, 0.29) is 0 Å². The van der Waals surface area contributed by atoms with E-state index in [2.05, 4.69) is 13.8 Å². The van der Waals surface area contributed by atoms with Gasteiger partial charge in [-0.3, -0.25) is 0 Å². The van der Waals surface area contributed by atoms with Crippen LogP contribution in [0, 0.1) is 5.92 Å². The van der Waals surface area contributed by atoms with Crippen molar-refractivity contribution in [2.45, 2.75) is 39.2 Å². The van der Waals surface area contributed by atoms with Crippen LogP contribution in [0.2, 0.25) is 0 Å². The Morgan fingerprint density at radius 1 is 1.05 bits per heavy atom. The van der Waals surface area contributed by atoms with Crippen LogP contribution in [0.3, 0.4) is 0 Å². The molecule has 4 heteroatoms. The van der Waals surface area contributed by atoms with Crippen molar-refractivity contribution in [3.63, 3.8) is 0 Å². The fourth-order valence-corrected chi connectivity index (χ4v) is 2.47. The zero-order valence-corrected chi connectivity index (χ0v) is 13.1. The number of benzene rings is 1. The van der Waals surface area contributed by atoms with Gasteiger partial charge in [0.15, 0.2) is 0 Å². The molecule has 114 valence electrons. The third-order valence-corrected chi connectivity index (χ3v) is 3.49. The molecule has 4 nitrogen and oxygen atoms in total. The third kappa shape index (κ3) is 4.04. The minimum atomic E-state index is -0.604. The summed E-state index contributed by atoms with van der Waals surface area (Å²) in [7, 11) is 4.76. The van der Waals surface area contributed by atoms with Gasteiger partial charge in [0.05, 0.1) is 33.0 Å². The molecular formula is C16H26O4. The molecule has 0 radical (unpaired) electrons. The van der Waals surface area contributed by atoms with Gasteiger partial charge < -0.3 is 19.3 Å². The molecule has 0 amide bonds. The maximum atomic E-state index is 10.5. The van der Waals surface area contributed by atoms with Crippen LogP contribution in [0.15, 0.2) is 12.1 Å². The van der Waals surface area contributed by atoms with Gasteiger partial charge in [0.2, 0.25) is 0 Å². The lowest BCUT2D eigenvalue weighted by atomic mass is 9.94. The molecule has 0 aromatic heterocycles. The van der Waals surface area contributed by atoms with Crippen molar-refractivity contribution in [2.24, 2.45) is 5.92 Å². The number of aliphatic hydroxyl groups excluding tert-OH is 1. The van der Waals surface area contributed by atoms with Crippen LogP contribution in [0.4, 0.5) is 0 Å². The van der Waals surface area contributed by atoms with Gasteiger partial charge in [-0.1, -0.05) is 26.7 Å². The van der Waals surface area contributed by atoms with Crippen LogP contribution in [0.1, 0.15) is 44.8 Å². The molecule has 0 spiro atoms. The van der Waals surface area contributed by atoms with Crippen molar-refractivity contribution >= 4 is 0 Å². The van der Waals surface area contributed by atoms with E-state index in [0.29, 0.717) is 35.2 Å². The van der Waals surface area contributed by atoms with Crippen LogP contribution in [-0.2, 0) is 0 Å². The molecule has 1 aromatic carbocycles. The first-order valence-electron chi connectivity index (χ1n) is 7.05. The summed E-state index contributed by atoms with van der Waals surface area (Å²) in [6, 6.07) is 3.54. The molecule has 1 N–H and O–H groups in total. The average molecular weight is 282 g/mol. The molecule has 0 bridgehead atoms. The Morgan fingerprint density at radius 2 is 1.60 bits per heavy atom. The minimum Gasteiger partial charge on any atom is -0.496 e. The Morgan fingerprint density at radius 3 is 2.00 bits per heavy atom. The van der Waals surface area contributed by atoms with Crippen molar-refractivity contribution in [3.05, 3.63) is 17.7 Å². The summed E-state index contributed by atoms with van der Waals surface area (Å²) in [6.45, 7) is 4.30. The molecule has 2 atom stereocenters. The average Bonchev–Trinajstić information content (AvgIpc) is 2.45. The topological polar surface area (TPSA) is 47.9 Å². The highest BCUT2D eigenvalue weighted by atomic mass is 16.5. The number of ether oxygens (including phenoxy) is 3. The summed E-state index contributed by atoms with van der Waals surface area (Å²) >= 11 is 0. The van der Waals surface area contributed by atoms with Crippen LogP contribution in [0.25, 0.3) is 0 Å². The molecule has 1 rings (SSSR count). The van der Waals surface area contributed by atoms with Crippen molar-refractivity contribution in [2.75, 3.05) is 21.3 Å². The summed E-state index contributed by atoms with van der Waals surface area (Å²) in [4.78, 5) is 0. The first kappa shape index (κ1) is 16.6.